The van der Waals surface area contributed by atoms with Crippen molar-refractivity contribution in [3.63, 3.8) is 0 Å². The van der Waals surface area contributed by atoms with Gasteiger partial charge in [0.05, 0.1) is 17.2 Å². The van der Waals surface area contributed by atoms with Crippen LogP contribution in [0.4, 0.5) is 5.69 Å². The van der Waals surface area contributed by atoms with Crippen LogP contribution in [0.5, 0.6) is 5.75 Å². The van der Waals surface area contributed by atoms with Gasteiger partial charge in [0.25, 0.3) is 0 Å². The second-order valence-electron chi connectivity index (χ2n) is 4.22. The molecule has 0 spiro atoms. The summed E-state index contributed by atoms with van der Waals surface area (Å²) in [5.74, 6) is 0.507. The van der Waals surface area contributed by atoms with Gasteiger partial charge in [-0.15, -0.1) is 0 Å². The van der Waals surface area contributed by atoms with Crippen LogP contribution in [-0.4, -0.2) is 17.3 Å². The van der Waals surface area contributed by atoms with Crippen LogP contribution in [-0.2, 0) is 0 Å². The number of hydrogen-bond acceptors (Lipinski definition) is 3. The maximum atomic E-state index is 9.51. The van der Waals surface area contributed by atoms with Crippen LogP contribution in [0.3, 0.4) is 0 Å². The van der Waals surface area contributed by atoms with E-state index in [1.807, 2.05) is 0 Å². The third kappa shape index (κ3) is 4.95. The molecule has 6 heteroatoms. The summed E-state index contributed by atoms with van der Waals surface area (Å²) in [7, 11) is 0. The van der Waals surface area contributed by atoms with Gasteiger partial charge in [-0.2, -0.15) is 0 Å². The van der Waals surface area contributed by atoms with Crippen molar-refractivity contribution < 1.29 is 9.84 Å². The molecule has 1 aromatic carbocycles. The second-order valence-corrected chi connectivity index (χ2v) is 4.62. The summed E-state index contributed by atoms with van der Waals surface area (Å²) in [5.41, 5.74) is 7.94. The molecule has 0 aliphatic heterocycles. The predicted molar refractivity (Wildman–Crippen MR) is 66.7 cm³/mol. The van der Waals surface area contributed by atoms with Crippen LogP contribution in [0.1, 0.15) is 20.3 Å². The first-order chi connectivity index (χ1) is 7.92. The highest BCUT2D eigenvalue weighted by Gasteiger charge is 2.12. The lowest BCUT2D eigenvalue weighted by atomic mass is 10.1. The molecule has 0 aliphatic carbocycles. The fourth-order valence-corrected chi connectivity index (χ4v) is 1.36. The average Bonchev–Trinajstić information content (AvgIpc) is 2.20. The fraction of sp³-hybridized carbons (Fsp3) is 0.455. The van der Waals surface area contributed by atoms with Gasteiger partial charge in [0.15, 0.2) is 0 Å². The van der Waals surface area contributed by atoms with E-state index < -0.39 is 5.60 Å². The highest BCUT2D eigenvalue weighted by molar-refractivity contribution is 6.32. The van der Waals surface area contributed by atoms with E-state index in [0.717, 1.165) is 0 Å². The number of benzene rings is 1. The normalized spacial score (nSPS) is 10.8. The molecule has 1 N–H and O–H groups in total. The smallest absolute Gasteiger partial charge is 0.137 e. The standard InChI is InChI=1S/C11H14ClN3O2/c1-11(2,16)5-6-17-10-4-3-8(14-15-13)7-9(10)12/h3-4,7,16H,5-6H2,1-2H3. The van der Waals surface area contributed by atoms with E-state index in [4.69, 9.17) is 21.9 Å². The topological polar surface area (TPSA) is 78.2 Å². The quantitative estimate of drug-likeness (QED) is 0.493. The van der Waals surface area contributed by atoms with E-state index in [1.165, 1.54) is 6.07 Å². The van der Waals surface area contributed by atoms with Crippen LogP contribution in [0.15, 0.2) is 23.3 Å². The third-order valence-corrected chi connectivity index (χ3v) is 2.34. The summed E-state index contributed by atoms with van der Waals surface area (Å²) < 4.78 is 5.42. The molecule has 0 radical (unpaired) electrons. The van der Waals surface area contributed by atoms with E-state index in [0.29, 0.717) is 29.5 Å². The summed E-state index contributed by atoms with van der Waals surface area (Å²) in [6, 6.07) is 4.78. The van der Waals surface area contributed by atoms with Crippen molar-refractivity contribution in [3.8, 4) is 5.75 Å². The Morgan fingerprint density at radius 3 is 2.76 bits per heavy atom. The Bertz CT molecular complexity index is 437. The van der Waals surface area contributed by atoms with Crippen molar-refractivity contribution in [1.29, 1.82) is 0 Å². The zero-order chi connectivity index (χ0) is 12.9. The van der Waals surface area contributed by atoms with Crippen molar-refractivity contribution in [2.24, 2.45) is 5.11 Å². The maximum absolute atomic E-state index is 9.51. The van der Waals surface area contributed by atoms with Crippen molar-refractivity contribution in [1.82, 2.24) is 0 Å². The number of ether oxygens (including phenoxy) is 1. The highest BCUT2D eigenvalue weighted by Crippen LogP contribution is 2.29. The lowest BCUT2D eigenvalue weighted by molar-refractivity contribution is 0.0553. The number of halogens is 1. The minimum atomic E-state index is -0.766. The number of hydrogen-bond donors (Lipinski definition) is 1. The molecule has 1 rings (SSSR count). The zero-order valence-corrected chi connectivity index (χ0v) is 10.5. The highest BCUT2D eigenvalue weighted by atomic mass is 35.5. The van der Waals surface area contributed by atoms with Gasteiger partial charge in [-0.05, 0) is 37.6 Å². The van der Waals surface area contributed by atoms with E-state index in [9.17, 15) is 5.11 Å². The largest absolute Gasteiger partial charge is 0.492 e. The van der Waals surface area contributed by atoms with Crippen LogP contribution < -0.4 is 4.74 Å². The van der Waals surface area contributed by atoms with Gasteiger partial charge >= 0.3 is 0 Å². The van der Waals surface area contributed by atoms with E-state index in [-0.39, 0.29) is 0 Å². The molecule has 0 saturated carbocycles. The summed E-state index contributed by atoms with van der Waals surface area (Å²) in [4.78, 5) is 2.66. The van der Waals surface area contributed by atoms with Gasteiger partial charge in [-0.1, -0.05) is 16.7 Å². The molecule has 0 atom stereocenters. The number of nitrogens with zero attached hydrogens (tertiary/aromatic N) is 3. The van der Waals surface area contributed by atoms with E-state index in [2.05, 4.69) is 10.0 Å². The van der Waals surface area contributed by atoms with E-state index >= 15 is 0 Å². The first-order valence-corrected chi connectivity index (χ1v) is 5.50. The number of azide groups is 1. The molecule has 92 valence electrons. The maximum Gasteiger partial charge on any atom is 0.137 e. The Morgan fingerprint density at radius 2 is 2.24 bits per heavy atom. The van der Waals surface area contributed by atoms with Crippen LogP contribution >= 0.6 is 11.6 Å². The lowest BCUT2D eigenvalue weighted by Crippen LogP contribution is -2.21. The molecular formula is C11H14ClN3O2. The van der Waals surface area contributed by atoms with Gasteiger partial charge < -0.3 is 9.84 Å². The van der Waals surface area contributed by atoms with Crippen LogP contribution in [0, 0.1) is 0 Å². The molecular weight excluding hydrogens is 242 g/mol. The van der Waals surface area contributed by atoms with Gasteiger partial charge in [0, 0.05) is 17.0 Å². The molecule has 0 bridgehead atoms. The van der Waals surface area contributed by atoms with Gasteiger partial charge in [0.2, 0.25) is 0 Å². The number of aliphatic hydroxyl groups is 1. The molecule has 0 saturated heterocycles. The van der Waals surface area contributed by atoms with Crippen molar-refractivity contribution in [2.45, 2.75) is 25.9 Å². The van der Waals surface area contributed by atoms with Crippen molar-refractivity contribution in [3.05, 3.63) is 33.7 Å². The van der Waals surface area contributed by atoms with Crippen LogP contribution in [0.2, 0.25) is 5.02 Å². The molecule has 0 amide bonds. The third-order valence-electron chi connectivity index (χ3n) is 2.05. The Kier molecular flexibility index (Phi) is 4.63. The SMILES string of the molecule is CC(C)(O)CCOc1ccc(N=[N+]=[N-])cc1Cl. The first kappa shape index (κ1) is 13.6. The fourth-order valence-electron chi connectivity index (χ4n) is 1.13. The van der Waals surface area contributed by atoms with Gasteiger partial charge in [-0.3, -0.25) is 0 Å². The molecule has 0 heterocycles. The summed E-state index contributed by atoms with van der Waals surface area (Å²) >= 11 is 5.94. The minimum Gasteiger partial charge on any atom is -0.492 e. The first-order valence-electron chi connectivity index (χ1n) is 5.12. The molecule has 0 aliphatic rings. The Morgan fingerprint density at radius 1 is 1.53 bits per heavy atom. The Hall–Kier alpha value is -1.42. The molecule has 5 nitrogen and oxygen atoms in total. The minimum absolute atomic E-state index is 0.365. The zero-order valence-electron chi connectivity index (χ0n) is 9.72. The molecule has 0 unspecified atom stereocenters. The summed E-state index contributed by atoms with van der Waals surface area (Å²) in [6.45, 7) is 3.79. The average molecular weight is 256 g/mol. The van der Waals surface area contributed by atoms with E-state index in [1.54, 1.807) is 26.0 Å². The molecule has 0 aromatic heterocycles. The Labute approximate surface area is 105 Å². The molecule has 17 heavy (non-hydrogen) atoms. The monoisotopic (exact) mass is 255 g/mol. The van der Waals surface area contributed by atoms with Crippen LogP contribution in [0.25, 0.3) is 10.4 Å². The summed E-state index contributed by atoms with van der Waals surface area (Å²) in [5, 5.41) is 13.3. The van der Waals surface area contributed by atoms with Gasteiger partial charge in [-0.25, -0.2) is 0 Å². The van der Waals surface area contributed by atoms with Crippen molar-refractivity contribution >= 4 is 17.3 Å². The lowest BCUT2D eigenvalue weighted by Gasteiger charge is -2.17. The van der Waals surface area contributed by atoms with Crippen molar-refractivity contribution in [2.75, 3.05) is 6.61 Å². The second kappa shape index (κ2) is 5.77. The molecule has 1 aromatic rings. The predicted octanol–water partition coefficient (Wildman–Crippen LogP) is 3.82. The Balaban J connectivity index is 2.63. The summed E-state index contributed by atoms with van der Waals surface area (Å²) in [6.07, 6.45) is 0.501. The molecule has 0 fully saturated rings. The van der Waals surface area contributed by atoms with Gasteiger partial charge in [0.1, 0.15) is 5.75 Å². The number of rotatable bonds is 5.